The Bertz CT molecular complexity index is 1160. The molecule has 0 spiro atoms. The van der Waals surface area contributed by atoms with Gasteiger partial charge in [0.25, 0.3) is 5.56 Å². The molecule has 0 fully saturated rings. The Hall–Kier alpha value is -3.48. The molecule has 0 radical (unpaired) electrons. The average molecular weight is 347 g/mol. The van der Waals surface area contributed by atoms with E-state index >= 15 is 0 Å². The fourth-order valence-corrected chi connectivity index (χ4v) is 3.04. The number of fused-ring (bicyclic) bond motifs is 2. The van der Waals surface area contributed by atoms with Gasteiger partial charge < -0.3 is 9.88 Å². The van der Waals surface area contributed by atoms with Crippen LogP contribution in [0.25, 0.3) is 21.8 Å². The number of hydrogen-bond acceptors (Lipinski definition) is 4. The Morgan fingerprint density at radius 1 is 1.15 bits per heavy atom. The maximum Gasteiger partial charge on any atom is 0.272 e. The Balaban J connectivity index is 1.56. The lowest BCUT2D eigenvalue weighted by Crippen LogP contribution is -2.31. The monoisotopic (exact) mass is 347 g/mol. The van der Waals surface area contributed by atoms with E-state index in [0.29, 0.717) is 11.1 Å². The van der Waals surface area contributed by atoms with Crippen LogP contribution in [-0.2, 0) is 11.3 Å². The summed E-state index contributed by atoms with van der Waals surface area (Å²) in [5, 5.41) is 10.7. The fourth-order valence-electron chi connectivity index (χ4n) is 3.04. The first-order valence-electron chi connectivity index (χ1n) is 8.31. The van der Waals surface area contributed by atoms with Gasteiger partial charge in [-0.1, -0.05) is 30.3 Å². The minimum Gasteiger partial charge on any atom is -0.349 e. The summed E-state index contributed by atoms with van der Waals surface area (Å²) in [5.41, 5.74) is 2.13. The second-order valence-electron chi connectivity index (χ2n) is 6.08. The summed E-state index contributed by atoms with van der Waals surface area (Å²) < 4.78 is 1.84. The summed E-state index contributed by atoms with van der Waals surface area (Å²) in [6.07, 6.45) is 1.67. The number of nitrogens with one attached hydrogen (secondary N) is 2. The van der Waals surface area contributed by atoms with E-state index in [1.165, 1.54) is 0 Å². The topological polar surface area (TPSA) is 92.7 Å². The first kappa shape index (κ1) is 16.0. The van der Waals surface area contributed by atoms with Crippen molar-refractivity contribution in [3.63, 3.8) is 0 Å². The molecule has 2 aromatic carbocycles. The molecule has 1 unspecified atom stereocenters. The Kier molecular flexibility index (Phi) is 3.96. The van der Waals surface area contributed by atoms with Crippen LogP contribution in [0.5, 0.6) is 0 Å². The zero-order valence-corrected chi connectivity index (χ0v) is 14.1. The van der Waals surface area contributed by atoms with Crippen molar-refractivity contribution in [2.24, 2.45) is 0 Å². The van der Waals surface area contributed by atoms with Gasteiger partial charge in [-0.05, 0) is 25.1 Å². The van der Waals surface area contributed by atoms with Crippen molar-refractivity contribution in [1.29, 1.82) is 0 Å². The van der Waals surface area contributed by atoms with E-state index in [4.69, 9.17) is 0 Å². The molecule has 7 nitrogen and oxygen atoms in total. The third-order valence-corrected chi connectivity index (χ3v) is 4.48. The highest BCUT2D eigenvalue weighted by atomic mass is 16.2. The normalized spacial score (nSPS) is 12.3. The van der Waals surface area contributed by atoms with Crippen molar-refractivity contribution in [3.8, 4) is 0 Å². The Morgan fingerprint density at radius 2 is 1.88 bits per heavy atom. The minimum absolute atomic E-state index is 0.148. The molecule has 2 aromatic heterocycles. The number of H-pyrrole nitrogens is 1. The van der Waals surface area contributed by atoms with Gasteiger partial charge >= 0.3 is 0 Å². The molecular formula is C19H17N5O2. The van der Waals surface area contributed by atoms with Gasteiger partial charge in [-0.15, -0.1) is 0 Å². The summed E-state index contributed by atoms with van der Waals surface area (Å²) in [5.74, 6) is -0.148. The number of nitrogens with zero attached hydrogens (tertiary/aromatic N) is 3. The van der Waals surface area contributed by atoms with Crippen LogP contribution in [0.15, 0.2) is 59.7 Å². The van der Waals surface area contributed by atoms with E-state index in [2.05, 4.69) is 20.5 Å². The van der Waals surface area contributed by atoms with Gasteiger partial charge in [0.05, 0.1) is 35.0 Å². The zero-order valence-electron chi connectivity index (χ0n) is 14.1. The lowest BCUT2D eigenvalue weighted by molar-refractivity contribution is -0.123. The Morgan fingerprint density at radius 3 is 2.73 bits per heavy atom. The lowest BCUT2D eigenvalue weighted by Gasteiger charge is -2.15. The molecule has 130 valence electrons. The predicted octanol–water partition coefficient (Wildman–Crippen LogP) is 2.15. The molecule has 2 heterocycles. The first-order chi connectivity index (χ1) is 12.6. The van der Waals surface area contributed by atoms with E-state index in [1.807, 2.05) is 47.9 Å². The number of hydrogen-bond donors (Lipinski definition) is 2. The lowest BCUT2D eigenvalue weighted by atomic mass is 10.1. The van der Waals surface area contributed by atoms with Gasteiger partial charge in [-0.25, -0.2) is 10.1 Å². The van der Waals surface area contributed by atoms with Crippen molar-refractivity contribution < 1.29 is 4.79 Å². The van der Waals surface area contributed by atoms with Crippen LogP contribution in [0.3, 0.4) is 0 Å². The zero-order chi connectivity index (χ0) is 18.1. The molecule has 0 aliphatic rings. The summed E-state index contributed by atoms with van der Waals surface area (Å²) in [6.45, 7) is 2.05. The molecule has 0 aliphatic heterocycles. The van der Waals surface area contributed by atoms with E-state index < -0.39 is 6.04 Å². The summed E-state index contributed by atoms with van der Waals surface area (Å²) >= 11 is 0. The second kappa shape index (κ2) is 6.44. The van der Waals surface area contributed by atoms with E-state index in [9.17, 15) is 9.59 Å². The van der Waals surface area contributed by atoms with Crippen LogP contribution in [0.1, 0.15) is 18.7 Å². The van der Waals surface area contributed by atoms with Crippen LogP contribution in [0.4, 0.5) is 0 Å². The summed E-state index contributed by atoms with van der Waals surface area (Å²) in [4.78, 5) is 28.8. The molecule has 0 saturated carbocycles. The highest BCUT2D eigenvalue weighted by Crippen LogP contribution is 2.18. The number of para-hydroxylation sites is 2. The molecule has 7 heteroatoms. The van der Waals surface area contributed by atoms with Gasteiger partial charge in [-0.2, -0.15) is 5.10 Å². The van der Waals surface area contributed by atoms with E-state index in [1.54, 1.807) is 18.5 Å². The number of rotatable bonds is 4. The van der Waals surface area contributed by atoms with Gasteiger partial charge in [0.2, 0.25) is 5.91 Å². The van der Waals surface area contributed by atoms with Crippen molar-refractivity contribution in [3.05, 3.63) is 70.9 Å². The first-order valence-corrected chi connectivity index (χ1v) is 8.31. The van der Waals surface area contributed by atoms with Crippen LogP contribution in [0.2, 0.25) is 0 Å². The van der Waals surface area contributed by atoms with E-state index in [-0.39, 0.29) is 18.0 Å². The SMILES string of the molecule is CC(C(=O)NCc1n[nH]c(=O)c2ccccc12)n1cnc2ccccc21. The molecule has 1 amide bonds. The summed E-state index contributed by atoms with van der Waals surface area (Å²) in [6, 6.07) is 14.5. The van der Waals surface area contributed by atoms with Crippen molar-refractivity contribution in [1.82, 2.24) is 25.1 Å². The van der Waals surface area contributed by atoms with Crippen LogP contribution < -0.4 is 10.9 Å². The standard InChI is InChI=1S/C19H17N5O2/c1-12(24-11-21-15-8-4-5-9-17(15)24)18(25)20-10-16-13-6-2-3-7-14(13)19(26)23-22-16/h2-9,11-12H,10H2,1H3,(H,20,25)(H,23,26). The van der Waals surface area contributed by atoms with Crippen LogP contribution in [-0.4, -0.2) is 25.7 Å². The number of aromatic amines is 1. The highest BCUT2D eigenvalue weighted by Gasteiger charge is 2.17. The molecule has 0 bridgehead atoms. The fraction of sp³-hybridized carbons (Fsp3) is 0.158. The van der Waals surface area contributed by atoms with E-state index in [0.717, 1.165) is 16.4 Å². The van der Waals surface area contributed by atoms with Crippen molar-refractivity contribution >= 4 is 27.7 Å². The molecule has 0 saturated heterocycles. The highest BCUT2D eigenvalue weighted by molar-refractivity contribution is 5.85. The number of amides is 1. The van der Waals surface area contributed by atoms with Crippen molar-refractivity contribution in [2.75, 3.05) is 0 Å². The second-order valence-corrected chi connectivity index (χ2v) is 6.08. The number of carbonyl (C=O) groups excluding carboxylic acids is 1. The smallest absolute Gasteiger partial charge is 0.272 e. The number of benzene rings is 2. The number of imidazole rings is 1. The Labute approximate surface area is 148 Å². The molecule has 2 N–H and O–H groups in total. The van der Waals surface area contributed by atoms with Gasteiger partial charge in [0.1, 0.15) is 6.04 Å². The van der Waals surface area contributed by atoms with Gasteiger partial charge in [-0.3, -0.25) is 9.59 Å². The third-order valence-electron chi connectivity index (χ3n) is 4.48. The number of carbonyl (C=O) groups is 1. The summed E-state index contributed by atoms with van der Waals surface area (Å²) in [7, 11) is 0. The quantitative estimate of drug-likeness (QED) is 0.592. The largest absolute Gasteiger partial charge is 0.349 e. The van der Waals surface area contributed by atoms with Crippen molar-refractivity contribution in [2.45, 2.75) is 19.5 Å². The van der Waals surface area contributed by atoms with Crippen LogP contribution >= 0.6 is 0 Å². The molecule has 26 heavy (non-hydrogen) atoms. The predicted molar refractivity (Wildman–Crippen MR) is 98.7 cm³/mol. The minimum atomic E-state index is -0.420. The maximum atomic E-state index is 12.6. The molecule has 4 aromatic rings. The van der Waals surface area contributed by atoms with Gasteiger partial charge in [0.15, 0.2) is 0 Å². The van der Waals surface area contributed by atoms with Crippen LogP contribution in [0, 0.1) is 0 Å². The molecular weight excluding hydrogens is 330 g/mol. The third kappa shape index (κ3) is 2.73. The number of aromatic nitrogens is 4. The average Bonchev–Trinajstić information content (AvgIpc) is 3.11. The molecule has 0 aliphatic carbocycles. The molecule has 1 atom stereocenters. The van der Waals surface area contributed by atoms with Gasteiger partial charge in [0, 0.05) is 5.39 Å². The maximum absolute atomic E-state index is 12.6. The molecule has 4 rings (SSSR count).